The van der Waals surface area contributed by atoms with E-state index in [2.05, 4.69) is 29.8 Å². The molecule has 0 atom stereocenters. The molecule has 1 aromatic rings. The predicted octanol–water partition coefficient (Wildman–Crippen LogP) is 3.95. The second kappa shape index (κ2) is 4.74. The van der Waals surface area contributed by atoms with Gasteiger partial charge >= 0.3 is 0 Å². The minimum atomic E-state index is 0.497. The van der Waals surface area contributed by atoms with E-state index in [1.165, 1.54) is 45.1 Å². The fraction of sp³-hybridized carbons (Fsp3) is 0.733. The molecule has 2 heteroatoms. The first kappa shape index (κ1) is 11.7. The molecule has 2 saturated carbocycles. The zero-order chi connectivity index (χ0) is 11.7. The number of nitrogens with one attached hydrogen (secondary N) is 1. The Kier molecular flexibility index (Phi) is 3.27. The number of thiophene rings is 1. The van der Waals surface area contributed by atoms with Crippen LogP contribution in [-0.4, -0.2) is 12.6 Å². The molecule has 1 heterocycles. The molecule has 1 aromatic heterocycles. The summed E-state index contributed by atoms with van der Waals surface area (Å²) in [5, 5.41) is 5.99. The van der Waals surface area contributed by atoms with Gasteiger partial charge in [-0.2, -0.15) is 0 Å². The highest BCUT2D eigenvalue weighted by molar-refractivity contribution is 7.10. The average Bonchev–Trinajstić information content (AvgIpc) is 2.94. The Morgan fingerprint density at radius 1 is 1.41 bits per heavy atom. The number of hydrogen-bond donors (Lipinski definition) is 1. The van der Waals surface area contributed by atoms with Gasteiger partial charge in [-0.25, -0.2) is 0 Å². The van der Waals surface area contributed by atoms with Crippen LogP contribution >= 0.6 is 11.3 Å². The molecule has 17 heavy (non-hydrogen) atoms. The molecule has 0 saturated heterocycles. The maximum absolute atomic E-state index is 3.76. The van der Waals surface area contributed by atoms with E-state index >= 15 is 0 Å². The maximum Gasteiger partial charge on any atom is 0.0177 e. The van der Waals surface area contributed by atoms with Crippen LogP contribution in [0.25, 0.3) is 0 Å². The fourth-order valence-corrected chi connectivity index (χ4v) is 4.25. The summed E-state index contributed by atoms with van der Waals surface area (Å²) < 4.78 is 0. The molecule has 3 rings (SSSR count). The van der Waals surface area contributed by atoms with Crippen LogP contribution in [0, 0.1) is 5.92 Å². The molecule has 2 aliphatic carbocycles. The predicted molar refractivity (Wildman–Crippen MR) is 74.7 cm³/mol. The van der Waals surface area contributed by atoms with E-state index in [0.29, 0.717) is 5.41 Å². The monoisotopic (exact) mass is 249 g/mol. The van der Waals surface area contributed by atoms with E-state index in [-0.39, 0.29) is 0 Å². The smallest absolute Gasteiger partial charge is 0.0177 e. The topological polar surface area (TPSA) is 12.0 Å². The van der Waals surface area contributed by atoms with Crippen LogP contribution in [0.15, 0.2) is 17.5 Å². The van der Waals surface area contributed by atoms with Crippen LogP contribution in [0.4, 0.5) is 0 Å². The minimum Gasteiger partial charge on any atom is -0.313 e. The van der Waals surface area contributed by atoms with Gasteiger partial charge in [-0.1, -0.05) is 25.8 Å². The van der Waals surface area contributed by atoms with Crippen molar-refractivity contribution in [2.24, 2.45) is 5.92 Å². The Bertz CT molecular complexity index is 347. The Hall–Kier alpha value is -0.340. The first-order valence-electron chi connectivity index (χ1n) is 7.10. The second-order valence-corrected chi connectivity index (χ2v) is 6.92. The summed E-state index contributed by atoms with van der Waals surface area (Å²) in [6.45, 7) is 3.53. The molecule has 0 bridgehead atoms. The van der Waals surface area contributed by atoms with Gasteiger partial charge in [0, 0.05) is 22.9 Å². The summed E-state index contributed by atoms with van der Waals surface area (Å²) in [5.74, 6) is 0.989. The average molecular weight is 249 g/mol. The van der Waals surface area contributed by atoms with E-state index in [4.69, 9.17) is 0 Å². The van der Waals surface area contributed by atoms with Crippen LogP contribution in [0.3, 0.4) is 0 Å². The van der Waals surface area contributed by atoms with E-state index in [1.54, 1.807) is 4.88 Å². The highest BCUT2D eigenvalue weighted by Gasteiger charge is 2.45. The van der Waals surface area contributed by atoms with E-state index < -0.39 is 0 Å². The normalized spacial score (nSPS) is 32.4. The van der Waals surface area contributed by atoms with Gasteiger partial charge in [-0.05, 0) is 43.0 Å². The lowest BCUT2D eigenvalue weighted by Crippen LogP contribution is -2.48. The zero-order valence-electron chi connectivity index (χ0n) is 10.7. The molecular weight excluding hydrogens is 226 g/mol. The van der Waals surface area contributed by atoms with Crippen molar-refractivity contribution < 1.29 is 0 Å². The largest absolute Gasteiger partial charge is 0.313 e. The molecule has 1 nitrogen and oxygen atoms in total. The highest BCUT2D eigenvalue weighted by Crippen LogP contribution is 2.50. The molecule has 0 radical (unpaired) electrons. The van der Waals surface area contributed by atoms with Gasteiger partial charge in [0.1, 0.15) is 0 Å². The molecule has 0 amide bonds. The lowest BCUT2D eigenvalue weighted by molar-refractivity contribution is 0.131. The van der Waals surface area contributed by atoms with Gasteiger partial charge in [0.2, 0.25) is 0 Å². The number of hydrogen-bond acceptors (Lipinski definition) is 2. The molecule has 0 unspecified atom stereocenters. The molecule has 94 valence electrons. The molecule has 2 aliphatic rings. The maximum atomic E-state index is 3.76. The van der Waals surface area contributed by atoms with Crippen LogP contribution < -0.4 is 5.32 Å². The van der Waals surface area contributed by atoms with Crippen molar-refractivity contribution in [3.8, 4) is 0 Å². The van der Waals surface area contributed by atoms with Crippen LogP contribution in [0.2, 0.25) is 0 Å². The SMILES string of the molecule is CCCC1CC(CNC2CC2)(c2cccs2)C1. The van der Waals surface area contributed by atoms with Gasteiger partial charge < -0.3 is 5.32 Å². The second-order valence-electron chi connectivity index (χ2n) is 5.98. The van der Waals surface area contributed by atoms with Crippen LogP contribution in [0.5, 0.6) is 0 Å². The van der Waals surface area contributed by atoms with Gasteiger partial charge in [0.15, 0.2) is 0 Å². The third-order valence-corrected chi connectivity index (χ3v) is 5.52. The summed E-state index contributed by atoms with van der Waals surface area (Å²) >= 11 is 1.96. The summed E-state index contributed by atoms with van der Waals surface area (Å²) in [4.78, 5) is 1.62. The Morgan fingerprint density at radius 3 is 2.82 bits per heavy atom. The third-order valence-electron chi connectivity index (χ3n) is 4.41. The van der Waals surface area contributed by atoms with Crippen molar-refractivity contribution in [2.45, 2.75) is 56.9 Å². The van der Waals surface area contributed by atoms with E-state index in [1.807, 2.05) is 11.3 Å². The van der Waals surface area contributed by atoms with Gasteiger partial charge in [-0.15, -0.1) is 11.3 Å². The fourth-order valence-electron chi connectivity index (χ4n) is 3.30. The quantitative estimate of drug-likeness (QED) is 0.805. The van der Waals surface area contributed by atoms with Crippen LogP contribution in [-0.2, 0) is 5.41 Å². The molecule has 0 spiro atoms. The van der Waals surface area contributed by atoms with Crippen LogP contribution in [0.1, 0.15) is 50.3 Å². The third kappa shape index (κ3) is 2.43. The Morgan fingerprint density at radius 2 is 2.24 bits per heavy atom. The van der Waals surface area contributed by atoms with Gasteiger partial charge in [0.25, 0.3) is 0 Å². The zero-order valence-corrected chi connectivity index (χ0v) is 11.6. The lowest BCUT2D eigenvalue weighted by Gasteiger charge is -2.48. The molecule has 1 N–H and O–H groups in total. The van der Waals surface area contributed by atoms with Crippen molar-refractivity contribution in [3.63, 3.8) is 0 Å². The molecular formula is C15H23NS. The molecule has 0 aromatic carbocycles. The molecule has 0 aliphatic heterocycles. The van der Waals surface area contributed by atoms with Crippen molar-refractivity contribution in [1.82, 2.24) is 5.32 Å². The Labute approximate surface area is 109 Å². The summed E-state index contributed by atoms with van der Waals surface area (Å²) in [5.41, 5.74) is 0.497. The highest BCUT2D eigenvalue weighted by atomic mass is 32.1. The standard InChI is InChI=1S/C15H23NS/c1-2-4-12-9-15(10-12,11-16-13-6-7-13)14-5-3-8-17-14/h3,5,8,12-13,16H,2,4,6-7,9-11H2,1H3. The minimum absolute atomic E-state index is 0.497. The molecule has 2 fully saturated rings. The van der Waals surface area contributed by atoms with E-state index in [0.717, 1.165) is 12.0 Å². The van der Waals surface area contributed by atoms with Gasteiger partial charge in [0.05, 0.1) is 0 Å². The van der Waals surface area contributed by atoms with Crippen molar-refractivity contribution >= 4 is 11.3 Å². The first-order valence-corrected chi connectivity index (χ1v) is 7.98. The lowest BCUT2D eigenvalue weighted by atomic mass is 9.60. The summed E-state index contributed by atoms with van der Waals surface area (Å²) in [7, 11) is 0. The Balaban J connectivity index is 1.64. The van der Waals surface area contributed by atoms with Gasteiger partial charge in [-0.3, -0.25) is 0 Å². The van der Waals surface area contributed by atoms with Crippen molar-refractivity contribution in [1.29, 1.82) is 0 Å². The number of rotatable bonds is 6. The van der Waals surface area contributed by atoms with Crippen molar-refractivity contribution in [2.75, 3.05) is 6.54 Å². The van der Waals surface area contributed by atoms with E-state index in [9.17, 15) is 0 Å². The van der Waals surface area contributed by atoms with Crippen molar-refractivity contribution in [3.05, 3.63) is 22.4 Å². The first-order chi connectivity index (χ1) is 8.32. The summed E-state index contributed by atoms with van der Waals surface area (Å²) in [6, 6.07) is 5.41. The summed E-state index contributed by atoms with van der Waals surface area (Å²) in [6.07, 6.45) is 8.41.